The molecular formula is C19H23FIN3O2. The Hall–Kier alpha value is -2.03. The van der Waals surface area contributed by atoms with E-state index in [1.54, 1.807) is 32.4 Å². The van der Waals surface area contributed by atoms with E-state index in [1.165, 1.54) is 6.07 Å². The molecule has 140 valence electrons. The van der Waals surface area contributed by atoms with Crippen LogP contribution in [0.1, 0.15) is 24.3 Å². The minimum Gasteiger partial charge on any atom is -0.493 e. The molecule has 3 rings (SSSR count). The highest BCUT2D eigenvalue weighted by Crippen LogP contribution is 2.39. The second-order valence-corrected chi connectivity index (χ2v) is 6.05. The summed E-state index contributed by atoms with van der Waals surface area (Å²) in [5, 5.41) is 3.05. The number of anilines is 1. The van der Waals surface area contributed by atoms with E-state index in [4.69, 9.17) is 15.2 Å². The summed E-state index contributed by atoms with van der Waals surface area (Å²) in [6, 6.07) is 12.4. The molecule has 2 aromatic carbocycles. The van der Waals surface area contributed by atoms with Gasteiger partial charge in [0.1, 0.15) is 5.82 Å². The average molecular weight is 471 g/mol. The number of hydrogen-bond acceptors (Lipinski definition) is 3. The van der Waals surface area contributed by atoms with Gasteiger partial charge in [-0.3, -0.25) is 0 Å². The third-order valence-corrected chi connectivity index (χ3v) is 4.44. The Labute approximate surface area is 169 Å². The molecule has 7 heteroatoms. The number of ether oxygens (including phenoxy) is 2. The predicted octanol–water partition coefficient (Wildman–Crippen LogP) is 4.13. The van der Waals surface area contributed by atoms with Gasteiger partial charge in [-0.25, -0.2) is 9.38 Å². The maximum absolute atomic E-state index is 13.8. The first-order chi connectivity index (χ1) is 12.1. The van der Waals surface area contributed by atoms with Gasteiger partial charge < -0.3 is 20.5 Å². The molecule has 0 atom stereocenters. The third kappa shape index (κ3) is 4.57. The summed E-state index contributed by atoms with van der Waals surface area (Å²) in [6.07, 6.45) is 1.60. The molecule has 0 amide bonds. The fraction of sp³-hybridized carbons (Fsp3) is 0.316. The van der Waals surface area contributed by atoms with Crippen molar-refractivity contribution in [2.75, 3.05) is 19.5 Å². The van der Waals surface area contributed by atoms with E-state index in [-0.39, 0.29) is 41.8 Å². The molecule has 0 heterocycles. The smallest absolute Gasteiger partial charge is 0.193 e. The molecule has 0 radical (unpaired) electrons. The second kappa shape index (κ2) is 9.07. The highest BCUT2D eigenvalue weighted by molar-refractivity contribution is 14.0. The van der Waals surface area contributed by atoms with Crippen molar-refractivity contribution in [1.82, 2.24) is 0 Å². The van der Waals surface area contributed by atoms with E-state index >= 15 is 0 Å². The predicted molar refractivity (Wildman–Crippen MR) is 112 cm³/mol. The lowest BCUT2D eigenvalue weighted by Crippen LogP contribution is -2.31. The van der Waals surface area contributed by atoms with Gasteiger partial charge in [0.2, 0.25) is 0 Å². The SMILES string of the molecule is COc1ccc(NC(N)=NC2CC(c3ccccc3F)C2)cc1OC.I. The van der Waals surface area contributed by atoms with Crippen LogP contribution in [0.25, 0.3) is 0 Å². The Morgan fingerprint density at radius 3 is 2.46 bits per heavy atom. The van der Waals surface area contributed by atoms with Crippen LogP contribution in [-0.2, 0) is 0 Å². The monoisotopic (exact) mass is 471 g/mol. The van der Waals surface area contributed by atoms with Crippen LogP contribution in [0.5, 0.6) is 11.5 Å². The summed E-state index contributed by atoms with van der Waals surface area (Å²) in [5.74, 6) is 1.67. The van der Waals surface area contributed by atoms with Gasteiger partial charge in [0.25, 0.3) is 0 Å². The van der Waals surface area contributed by atoms with Crippen molar-refractivity contribution >= 4 is 35.6 Å². The zero-order valence-corrected chi connectivity index (χ0v) is 17.1. The van der Waals surface area contributed by atoms with E-state index in [9.17, 15) is 4.39 Å². The van der Waals surface area contributed by atoms with Crippen molar-refractivity contribution in [3.63, 3.8) is 0 Å². The number of nitrogens with two attached hydrogens (primary N) is 1. The van der Waals surface area contributed by atoms with Crippen molar-refractivity contribution in [3.05, 3.63) is 53.8 Å². The highest BCUT2D eigenvalue weighted by atomic mass is 127. The highest BCUT2D eigenvalue weighted by Gasteiger charge is 2.31. The van der Waals surface area contributed by atoms with Crippen molar-refractivity contribution in [3.8, 4) is 11.5 Å². The minimum atomic E-state index is -0.147. The number of guanidine groups is 1. The number of halogens is 2. The van der Waals surface area contributed by atoms with Gasteiger partial charge in [-0.15, -0.1) is 24.0 Å². The maximum atomic E-state index is 13.8. The molecule has 1 aliphatic carbocycles. The van der Waals surface area contributed by atoms with Gasteiger partial charge in [-0.05, 0) is 42.5 Å². The van der Waals surface area contributed by atoms with Gasteiger partial charge in [0, 0.05) is 11.8 Å². The van der Waals surface area contributed by atoms with Crippen LogP contribution >= 0.6 is 24.0 Å². The zero-order chi connectivity index (χ0) is 17.8. The summed E-state index contributed by atoms with van der Waals surface area (Å²) < 4.78 is 24.2. The molecule has 0 saturated heterocycles. The van der Waals surface area contributed by atoms with E-state index < -0.39 is 0 Å². The third-order valence-electron chi connectivity index (χ3n) is 4.44. The van der Waals surface area contributed by atoms with Crippen LogP contribution in [0, 0.1) is 5.82 Å². The lowest BCUT2D eigenvalue weighted by Gasteiger charge is -2.33. The van der Waals surface area contributed by atoms with Gasteiger partial charge in [-0.2, -0.15) is 0 Å². The second-order valence-electron chi connectivity index (χ2n) is 6.05. The number of rotatable bonds is 5. The van der Waals surface area contributed by atoms with E-state index in [0.717, 1.165) is 24.1 Å². The molecular weight excluding hydrogens is 448 g/mol. The topological polar surface area (TPSA) is 68.9 Å². The fourth-order valence-corrected chi connectivity index (χ4v) is 3.04. The molecule has 0 unspecified atom stereocenters. The van der Waals surface area contributed by atoms with Crippen LogP contribution in [0.4, 0.5) is 10.1 Å². The van der Waals surface area contributed by atoms with Crippen LogP contribution in [-0.4, -0.2) is 26.2 Å². The summed E-state index contributed by atoms with van der Waals surface area (Å²) >= 11 is 0. The number of methoxy groups -OCH3 is 2. The Morgan fingerprint density at radius 1 is 1.12 bits per heavy atom. The van der Waals surface area contributed by atoms with Crippen molar-refractivity contribution in [1.29, 1.82) is 0 Å². The Bertz CT molecular complexity index is 779. The number of benzene rings is 2. The molecule has 2 aromatic rings. The normalized spacial score (nSPS) is 19.1. The summed E-state index contributed by atoms with van der Waals surface area (Å²) in [7, 11) is 3.17. The van der Waals surface area contributed by atoms with Crippen LogP contribution in [0.15, 0.2) is 47.5 Å². The standard InChI is InChI=1S/C19H22FN3O2.HI/c1-24-17-8-7-13(11-18(17)25-2)22-19(21)23-14-9-12(10-14)15-5-3-4-6-16(15)20;/h3-8,11-12,14H,9-10H2,1-2H3,(H3,21,22,23);1H. The van der Waals surface area contributed by atoms with Gasteiger partial charge >= 0.3 is 0 Å². The Kier molecular flexibility index (Phi) is 7.07. The number of hydrogen-bond donors (Lipinski definition) is 2. The van der Waals surface area contributed by atoms with Crippen molar-refractivity contribution in [2.24, 2.45) is 10.7 Å². The van der Waals surface area contributed by atoms with E-state index in [0.29, 0.717) is 17.5 Å². The molecule has 0 aliphatic heterocycles. The average Bonchev–Trinajstić information content (AvgIpc) is 2.58. The molecule has 26 heavy (non-hydrogen) atoms. The van der Waals surface area contributed by atoms with Crippen molar-refractivity contribution in [2.45, 2.75) is 24.8 Å². The van der Waals surface area contributed by atoms with E-state index in [2.05, 4.69) is 10.3 Å². The summed E-state index contributed by atoms with van der Waals surface area (Å²) in [6.45, 7) is 0. The van der Waals surface area contributed by atoms with Crippen LogP contribution < -0.4 is 20.5 Å². The molecule has 1 aliphatic rings. The molecule has 1 saturated carbocycles. The van der Waals surface area contributed by atoms with Gasteiger partial charge in [-0.1, -0.05) is 18.2 Å². The number of nitrogens with one attached hydrogen (secondary N) is 1. The molecule has 0 bridgehead atoms. The lowest BCUT2D eigenvalue weighted by molar-refractivity contribution is 0.344. The fourth-order valence-electron chi connectivity index (χ4n) is 3.04. The molecule has 3 N–H and O–H groups in total. The molecule has 0 spiro atoms. The number of nitrogens with zero attached hydrogens (tertiary/aromatic N) is 1. The quantitative estimate of drug-likeness (QED) is 0.391. The zero-order valence-electron chi connectivity index (χ0n) is 14.7. The lowest BCUT2D eigenvalue weighted by atomic mass is 9.76. The first kappa shape index (κ1) is 20.3. The first-order valence-electron chi connectivity index (χ1n) is 8.17. The summed E-state index contributed by atoms with van der Waals surface area (Å²) in [4.78, 5) is 4.47. The number of aliphatic imine (C=N–C) groups is 1. The molecule has 0 aromatic heterocycles. The van der Waals surface area contributed by atoms with Gasteiger partial charge in [0.15, 0.2) is 17.5 Å². The van der Waals surface area contributed by atoms with Crippen LogP contribution in [0.3, 0.4) is 0 Å². The summed E-state index contributed by atoms with van der Waals surface area (Å²) in [5.41, 5.74) is 7.52. The van der Waals surface area contributed by atoms with Crippen molar-refractivity contribution < 1.29 is 13.9 Å². The largest absolute Gasteiger partial charge is 0.493 e. The minimum absolute atomic E-state index is 0. The van der Waals surface area contributed by atoms with Gasteiger partial charge in [0.05, 0.1) is 20.3 Å². The maximum Gasteiger partial charge on any atom is 0.193 e. The molecule has 1 fully saturated rings. The Morgan fingerprint density at radius 2 is 1.81 bits per heavy atom. The first-order valence-corrected chi connectivity index (χ1v) is 8.17. The molecule has 5 nitrogen and oxygen atoms in total. The van der Waals surface area contributed by atoms with Crippen LogP contribution in [0.2, 0.25) is 0 Å². The van der Waals surface area contributed by atoms with E-state index in [1.807, 2.05) is 18.2 Å². The Balaban J connectivity index is 0.00000243.